The van der Waals surface area contributed by atoms with Crippen LogP contribution in [0.15, 0.2) is 47.4 Å². The van der Waals surface area contributed by atoms with Crippen molar-refractivity contribution in [3.63, 3.8) is 0 Å². The van der Waals surface area contributed by atoms with E-state index in [1.165, 1.54) is 0 Å². The molecule has 0 aliphatic rings. The first-order valence-electron chi connectivity index (χ1n) is 5.54. The van der Waals surface area contributed by atoms with E-state index in [1.807, 2.05) is 48.1 Å². The average molecular weight is 240 g/mol. The Morgan fingerprint density at radius 3 is 2.67 bits per heavy atom. The van der Waals surface area contributed by atoms with Crippen LogP contribution in [0, 0.1) is 0 Å². The van der Waals surface area contributed by atoms with Gasteiger partial charge in [-0.1, -0.05) is 35.5 Å². The van der Waals surface area contributed by atoms with Gasteiger partial charge in [-0.2, -0.15) is 0 Å². The summed E-state index contributed by atoms with van der Waals surface area (Å²) in [6, 6.07) is 9.78. The first kappa shape index (κ1) is 10.6. The third kappa shape index (κ3) is 1.66. The highest BCUT2D eigenvalue weighted by Crippen LogP contribution is 2.34. The first-order chi connectivity index (χ1) is 8.75. The molecule has 0 aliphatic heterocycles. The number of nitrogen functional groups attached to an aromatic ring is 1. The number of aryl methyl sites for hydroxylation is 1. The fourth-order valence-corrected chi connectivity index (χ4v) is 1.90. The number of nitrogens with zero attached hydrogens (tertiary/aromatic N) is 3. The molecule has 0 spiro atoms. The Morgan fingerprint density at radius 2 is 2.00 bits per heavy atom. The van der Waals surface area contributed by atoms with Crippen LogP contribution in [0.4, 0.5) is 5.88 Å². The van der Waals surface area contributed by atoms with Gasteiger partial charge in [-0.15, -0.1) is 0 Å². The highest BCUT2D eigenvalue weighted by atomic mass is 16.5. The number of nitrogens with two attached hydrogens (primary N) is 1. The molecule has 0 unspecified atom stereocenters. The van der Waals surface area contributed by atoms with Crippen LogP contribution in [0.1, 0.15) is 0 Å². The molecule has 2 heterocycles. The van der Waals surface area contributed by atoms with Crippen LogP contribution < -0.4 is 5.73 Å². The molecule has 5 heteroatoms. The van der Waals surface area contributed by atoms with E-state index in [9.17, 15) is 0 Å². The van der Waals surface area contributed by atoms with Crippen LogP contribution in [-0.4, -0.2) is 14.7 Å². The summed E-state index contributed by atoms with van der Waals surface area (Å²) in [6.07, 6.45) is 3.60. The van der Waals surface area contributed by atoms with Gasteiger partial charge in [0.05, 0.1) is 11.9 Å². The van der Waals surface area contributed by atoms with Crippen molar-refractivity contribution in [3.05, 3.63) is 42.9 Å². The van der Waals surface area contributed by atoms with Crippen molar-refractivity contribution in [2.75, 3.05) is 5.73 Å². The van der Waals surface area contributed by atoms with Gasteiger partial charge in [-0.3, -0.25) is 0 Å². The molecule has 0 atom stereocenters. The van der Waals surface area contributed by atoms with Crippen molar-refractivity contribution in [3.8, 4) is 22.5 Å². The molecule has 0 fully saturated rings. The maximum atomic E-state index is 5.85. The molecule has 0 saturated carbocycles. The number of benzene rings is 1. The quantitative estimate of drug-likeness (QED) is 0.746. The Kier molecular flexibility index (Phi) is 2.37. The van der Waals surface area contributed by atoms with Crippen molar-refractivity contribution in [1.82, 2.24) is 14.7 Å². The summed E-state index contributed by atoms with van der Waals surface area (Å²) < 4.78 is 6.95. The molecule has 3 rings (SSSR count). The summed E-state index contributed by atoms with van der Waals surface area (Å²) in [7, 11) is 1.90. The van der Waals surface area contributed by atoms with Crippen LogP contribution in [0.5, 0.6) is 0 Å². The maximum Gasteiger partial charge on any atom is 0.230 e. The lowest BCUT2D eigenvalue weighted by atomic mass is 10.0. The van der Waals surface area contributed by atoms with Crippen LogP contribution in [0.3, 0.4) is 0 Å². The van der Waals surface area contributed by atoms with E-state index >= 15 is 0 Å². The summed E-state index contributed by atoms with van der Waals surface area (Å²) >= 11 is 0. The van der Waals surface area contributed by atoms with E-state index in [1.54, 1.807) is 6.33 Å². The normalized spacial score (nSPS) is 10.7. The lowest BCUT2D eigenvalue weighted by Gasteiger charge is -1.99. The lowest BCUT2D eigenvalue weighted by molar-refractivity contribution is 0.439. The van der Waals surface area contributed by atoms with Crippen molar-refractivity contribution in [1.29, 1.82) is 0 Å². The summed E-state index contributed by atoms with van der Waals surface area (Å²) in [4.78, 5) is 4.27. The second-order valence-corrected chi connectivity index (χ2v) is 4.06. The SMILES string of the molecule is Cn1cnc(-c2noc(N)c2-c2ccccc2)c1. The molecule has 0 saturated heterocycles. The highest BCUT2D eigenvalue weighted by Gasteiger charge is 2.18. The van der Waals surface area contributed by atoms with Gasteiger partial charge in [0.2, 0.25) is 5.88 Å². The minimum atomic E-state index is 0.307. The Labute approximate surface area is 104 Å². The van der Waals surface area contributed by atoms with E-state index < -0.39 is 0 Å². The molecule has 3 aromatic rings. The topological polar surface area (TPSA) is 69.9 Å². The number of imidazole rings is 1. The predicted molar refractivity (Wildman–Crippen MR) is 68.6 cm³/mol. The molecular weight excluding hydrogens is 228 g/mol. The fraction of sp³-hybridized carbons (Fsp3) is 0.0769. The number of rotatable bonds is 2. The lowest BCUT2D eigenvalue weighted by Crippen LogP contribution is -1.87. The van der Waals surface area contributed by atoms with Crippen molar-refractivity contribution >= 4 is 5.88 Å². The smallest absolute Gasteiger partial charge is 0.230 e. The maximum absolute atomic E-state index is 5.85. The Balaban J connectivity index is 2.18. The predicted octanol–water partition coefficient (Wildman–Crippen LogP) is 2.32. The van der Waals surface area contributed by atoms with Crippen LogP contribution in [-0.2, 0) is 7.05 Å². The van der Waals surface area contributed by atoms with Crippen LogP contribution >= 0.6 is 0 Å². The van der Waals surface area contributed by atoms with Crippen molar-refractivity contribution in [2.24, 2.45) is 7.05 Å². The molecule has 0 radical (unpaired) electrons. The monoisotopic (exact) mass is 240 g/mol. The molecule has 1 aromatic carbocycles. The van der Waals surface area contributed by atoms with E-state index in [0.717, 1.165) is 16.8 Å². The molecule has 2 N–H and O–H groups in total. The fourth-order valence-electron chi connectivity index (χ4n) is 1.90. The van der Waals surface area contributed by atoms with Gasteiger partial charge in [0, 0.05) is 13.2 Å². The molecule has 0 amide bonds. The van der Waals surface area contributed by atoms with Gasteiger partial charge in [-0.05, 0) is 5.56 Å². The zero-order valence-corrected chi connectivity index (χ0v) is 9.87. The Bertz CT molecular complexity index is 669. The molecular formula is C13H12N4O. The highest BCUT2D eigenvalue weighted by molar-refractivity contribution is 5.85. The third-order valence-corrected chi connectivity index (χ3v) is 2.73. The molecule has 2 aromatic heterocycles. The summed E-state index contributed by atoms with van der Waals surface area (Å²) in [5.74, 6) is 0.307. The zero-order valence-electron chi connectivity index (χ0n) is 9.87. The van der Waals surface area contributed by atoms with Gasteiger partial charge in [0.25, 0.3) is 0 Å². The average Bonchev–Trinajstić information content (AvgIpc) is 2.96. The number of hydrogen-bond donors (Lipinski definition) is 1. The standard InChI is InChI=1S/C13H12N4O/c1-17-7-10(15-8-17)12-11(13(14)18-16-12)9-5-3-2-4-6-9/h2-8H,14H2,1H3. The van der Waals surface area contributed by atoms with E-state index in [-0.39, 0.29) is 0 Å². The number of aromatic nitrogens is 3. The van der Waals surface area contributed by atoms with E-state index in [0.29, 0.717) is 11.6 Å². The summed E-state index contributed by atoms with van der Waals surface area (Å²) in [5, 5.41) is 4.00. The molecule has 90 valence electrons. The summed E-state index contributed by atoms with van der Waals surface area (Å²) in [5.41, 5.74) is 9.02. The van der Waals surface area contributed by atoms with Gasteiger partial charge in [-0.25, -0.2) is 4.98 Å². The first-order valence-corrected chi connectivity index (χ1v) is 5.54. The molecule has 0 bridgehead atoms. The number of hydrogen-bond acceptors (Lipinski definition) is 4. The van der Waals surface area contributed by atoms with Crippen molar-refractivity contribution < 1.29 is 4.52 Å². The Hall–Kier alpha value is -2.56. The Morgan fingerprint density at radius 1 is 1.22 bits per heavy atom. The van der Waals surface area contributed by atoms with E-state index in [2.05, 4.69) is 10.1 Å². The van der Waals surface area contributed by atoms with Crippen LogP contribution in [0.25, 0.3) is 22.5 Å². The van der Waals surface area contributed by atoms with Gasteiger partial charge in [0.15, 0.2) is 0 Å². The van der Waals surface area contributed by atoms with Gasteiger partial charge < -0.3 is 14.8 Å². The van der Waals surface area contributed by atoms with Crippen molar-refractivity contribution in [2.45, 2.75) is 0 Å². The second-order valence-electron chi connectivity index (χ2n) is 4.06. The zero-order chi connectivity index (χ0) is 12.5. The largest absolute Gasteiger partial charge is 0.367 e. The van der Waals surface area contributed by atoms with Gasteiger partial charge >= 0.3 is 0 Å². The third-order valence-electron chi connectivity index (χ3n) is 2.73. The summed E-state index contributed by atoms with van der Waals surface area (Å²) in [6.45, 7) is 0. The van der Waals surface area contributed by atoms with E-state index in [4.69, 9.17) is 10.3 Å². The number of anilines is 1. The molecule has 0 aliphatic carbocycles. The van der Waals surface area contributed by atoms with Crippen LogP contribution in [0.2, 0.25) is 0 Å². The molecule has 5 nitrogen and oxygen atoms in total. The molecule has 18 heavy (non-hydrogen) atoms. The minimum Gasteiger partial charge on any atom is -0.367 e. The minimum absolute atomic E-state index is 0.307. The van der Waals surface area contributed by atoms with Gasteiger partial charge in [0.1, 0.15) is 11.4 Å². The second kappa shape index (κ2) is 4.03.